The number of rotatable bonds is 2. The fourth-order valence-electron chi connectivity index (χ4n) is 5.23. The fourth-order valence-corrected chi connectivity index (χ4v) is 5.23. The maximum absolute atomic E-state index is 13.7. The number of aromatic nitrogens is 1. The third kappa shape index (κ3) is 5.98. The van der Waals surface area contributed by atoms with Gasteiger partial charge in [0.15, 0.2) is 0 Å². The second-order valence-electron chi connectivity index (χ2n) is 12.5. The number of pyridine rings is 1. The van der Waals surface area contributed by atoms with Crippen molar-refractivity contribution in [2.45, 2.75) is 84.0 Å². The molecule has 4 heterocycles. The van der Waals surface area contributed by atoms with E-state index in [0.717, 1.165) is 29.5 Å². The predicted molar refractivity (Wildman–Crippen MR) is 147 cm³/mol. The highest BCUT2D eigenvalue weighted by atomic mass is 16.6. The Morgan fingerprint density at radius 1 is 0.923 bits per heavy atom. The zero-order valence-electron chi connectivity index (χ0n) is 23.8. The molecule has 3 aliphatic heterocycles. The molecule has 2 amide bonds. The van der Waals surface area contributed by atoms with E-state index in [9.17, 15) is 9.59 Å². The van der Waals surface area contributed by atoms with Gasteiger partial charge in [0.05, 0.1) is 5.69 Å². The van der Waals surface area contributed by atoms with Gasteiger partial charge in [-0.15, -0.1) is 0 Å². The van der Waals surface area contributed by atoms with Gasteiger partial charge in [0.2, 0.25) is 0 Å². The maximum atomic E-state index is 13.7. The second kappa shape index (κ2) is 10.3. The minimum absolute atomic E-state index is 0.118. The van der Waals surface area contributed by atoms with Crippen LogP contribution in [-0.4, -0.2) is 59.6 Å². The molecule has 0 aliphatic carbocycles. The first-order chi connectivity index (χ1) is 18.4. The summed E-state index contributed by atoms with van der Waals surface area (Å²) in [6.07, 6.45) is 2.77. The number of amides is 2. The zero-order valence-corrected chi connectivity index (χ0v) is 23.8. The zero-order chi connectivity index (χ0) is 27.9. The van der Waals surface area contributed by atoms with Crippen LogP contribution in [0.2, 0.25) is 0 Å². The van der Waals surface area contributed by atoms with Gasteiger partial charge in [-0.1, -0.05) is 6.07 Å². The van der Waals surface area contributed by atoms with E-state index >= 15 is 0 Å². The Morgan fingerprint density at radius 2 is 1.59 bits per heavy atom. The van der Waals surface area contributed by atoms with Crippen molar-refractivity contribution in [1.29, 1.82) is 0 Å². The van der Waals surface area contributed by atoms with Gasteiger partial charge in [-0.3, -0.25) is 0 Å². The summed E-state index contributed by atoms with van der Waals surface area (Å²) in [6.45, 7) is 13.9. The molecule has 2 fully saturated rings. The Hall–Kier alpha value is -3.33. The average Bonchev–Trinajstić information content (AvgIpc) is 2.98. The van der Waals surface area contributed by atoms with E-state index in [1.165, 1.54) is 0 Å². The number of carbonyl (C=O) groups excluding carboxylic acids is 2. The van der Waals surface area contributed by atoms with Crippen molar-refractivity contribution in [2.24, 2.45) is 0 Å². The van der Waals surface area contributed by atoms with Crippen LogP contribution in [-0.2, 0) is 20.8 Å². The van der Waals surface area contributed by atoms with Crippen LogP contribution >= 0.6 is 0 Å². The molecule has 0 N–H and O–H groups in total. The van der Waals surface area contributed by atoms with Gasteiger partial charge in [-0.2, -0.15) is 0 Å². The molecule has 0 spiro atoms. The van der Waals surface area contributed by atoms with E-state index < -0.39 is 17.3 Å². The Morgan fingerprint density at radius 3 is 2.26 bits per heavy atom. The second-order valence-corrected chi connectivity index (χ2v) is 12.5. The number of anilines is 2. The van der Waals surface area contributed by atoms with Gasteiger partial charge in [0.25, 0.3) is 0 Å². The largest absolute Gasteiger partial charge is 0.487 e. The smallest absolute Gasteiger partial charge is 0.420 e. The number of ether oxygens (including phenoxy) is 4. The molecule has 0 bridgehead atoms. The summed E-state index contributed by atoms with van der Waals surface area (Å²) in [5.74, 6) is 1.55. The highest BCUT2D eigenvalue weighted by Crippen LogP contribution is 2.44. The van der Waals surface area contributed by atoms with E-state index in [0.29, 0.717) is 56.1 Å². The van der Waals surface area contributed by atoms with Crippen molar-refractivity contribution < 1.29 is 28.5 Å². The molecule has 2 saturated heterocycles. The van der Waals surface area contributed by atoms with Gasteiger partial charge in [-0.05, 0) is 89.6 Å². The molecule has 210 valence electrons. The molecule has 0 atom stereocenters. The van der Waals surface area contributed by atoms with Crippen molar-refractivity contribution in [1.82, 2.24) is 9.88 Å². The number of fused-ring (bicyclic) bond motifs is 2. The lowest BCUT2D eigenvalue weighted by Crippen LogP contribution is -2.50. The first kappa shape index (κ1) is 27.2. The number of hydrogen-bond acceptors (Lipinski definition) is 7. The van der Waals surface area contributed by atoms with E-state index in [1.54, 1.807) is 16.0 Å². The normalized spacial score (nSPS) is 18.3. The van der Waals surface area contributed by atoms with Gasteiger partial charge in [0, 0.05) is 44.0 Å². The topological polar surface area (TPSA) is 90.4 Å². The predicted octanol–water partition coefficient (Wildman–Crippen LogP) is 6.28. The summed E-state index contributed by atoms with van der Waals surface area (Å²) >= 11 is 0. The van der Waals surface area contributed by atoms with Crippen molar-refractivity contribution in [3.05, 3.63) is 47.2 Å². The molecule has 3 aliphatic rings. The Balaban J connectivity index is 1.49. The van der Waals surface area contributed by atoms with Gasteiger partial charge in [0.1, 0.15) is 29.4 Å². The molecule has 2 aromatic rings. The highest BCUT2D eigenvalue weighted by molar-refractivity contribution is 5.98. The minimum atomic E-state index is -0.692. The van der Waals surface area contributed by atoms with E-state index in [-0.39, 0.29) is 12.0 Å². The van der Waals surface area contributed by atoms with E-state index in [2.05, 4.69) is 4.98 Å². The van der Waals surface area contributed by atoms with Crippen LogP contribution in [0.15, 0.2) is 30.5 Å². The molecule has 0 saturated carbocycles. The highest BCUT2D eigenvalue weighted by Gasteiger charge is 2.38. The standard InChI is InChI=1S/C30H39N3O6/c1-29(2,3)38-27(34)32-16-21(17-32)20-7-8-25-24(15-20)33(28(35)39-30(4,5)6)26-23(18-37-25)22(9-12-31-26)19-10-13-36-14-11-19/h7-9,12,15,19,21H,10-11,13-14,16-18H2,1-6H3. The number of hydrogen-bond donors (Lipinski definition) is 0. The van der Waals surface area contributed by atoms with E-state index in [4.69, 9.17) is 18.9 Å². The molecule has 1 aromatic carbocycles. The van der Waals surface area contributed by atoms with Crippen LogP contribution in [0.4, 0.5) is 21.1 Å². The van der Waals surface area contributed by atoms with Gasteiger partial charge < -0.3 is 23.8 Å². The summed E-state index contributed by atoms with van der Waals surface area (Å²) in [4.78, 5) is 34.1. The molecule has 9 heteroatoms. The number of likely N-dealkylation sites (tertiary alicyclic amines) is 1. The first-order valence-corrected chi connectivity index (χ1v) is 13.7. The lowest BCUT2D eigenvalue weighted by atomic mass is 9.89. The van der Waals surface area contributed by atoms with Crippen molar-refractivity contribution in [3.8, 4) is 5.75 Å². The quantitative estimate of drug-likeness (QED) is 0.446. The fraction of sp³-hybridized carbons (Fsp3) is 0.567. The third-order valence-electron chi connectivity index (χ3n) is 7.12. The molecular formula is C30H39N3O6. The molecule has 39 heavy (non-hydrogen) atoms. The van der Waals surface area contributed by atoms with Gasteiger partial charge >= 0.3 is 12.2 Å². The summed E-state index contributed by atoms with van der Waals surface area (Å²) < 4.78 is 23.3. The lowest BCUT2D eigenvalue weighted by molar-refractivity contribution is 0.00818. The number of carbonyl (C=O) groups is 2. The average molecular weight is 538 g/mol. The SMILES string of the molecule is CC(C)(C)OC(=O)N1CC(c2ccc3c(c2)N(C(=O)OC(C)(C)C)c2nccc(C4CCOCC4)c2CO3)C1. The van der Waals surface area contributed by atoms with Crippen molar-refractivity contribution >= 4 is 23.7 Å². The Kier molecular flexibility index (Phi) is 7.22. The third-order valence-corrected chi connectivity index (χ3v) is 7.12. The van der Waals surface area contributed by atoms with Gasteiger partial charge in [-0.25, -0.2) is 19.5 Å². The number of benzene rings is 1. The number of nitrogens with zero attached hydrogens (tertiary/aromatic N) is 3. The summed E-state index contributed by atoms with van der Waals surface area (Å²) in [6, 6.07) is 7.91. The molecule has 5 rings (SSSR count). The van der Waals surface area contributed by atoms with Crippen LogP contribution in [0.5, 0.6) is 5.75 Å². The molecule has 1 aromatic heterocycles. The summed E-state index contributed by atoms with van der Waals surface area (Å²) in [5, 5.41) is 0. The van der Waals surface area contributed by atoms with Crippen LogP contribution in [0.3, 0.4) is 0 Å². The Bertz CT molecular complexity index is 1240. The minimum Gasteiger partial charge on any atom is -0.487 e. The summed E-state index contributed by atoms with van der Waals surface area (Å²) in [5.41, 5.74) is 2.40. The molecule has 0 radical (unpaired) electrons. The Labute approximate surface area is 230 Å². The maximum Gasteiger partial charge on any atom is 0.420 e. The van der Waals surface area contributed by atoms with E-state index in [1.807, 2.05) is 65.8 Å². The molecular weight excluding hydrogens is 498 g/mol. The first-order valence-electron chi connectivity index (χ1n) is 13.7. The lowest BCUT2D eigenvalue weighted by Gasteiger charge is -2.40. The van der Waals surface area contributed by atoms with Crippen LogP contribution in [0.1, 0.15) is 82.9 Å². The van der Waals surface area contributed by atoms with Crippen LogP contribution in [0, 0.1) is 0 Å². The van der Waals surface area contributed by atoms with Crippen molar-refractivity contribution in [3.63, 3.8) is 0 Å². The molecule has 0 unspecified atom stereocenters. The van der Waals surface area contributed by atoms with Crippen LogP contribution < -0.4 is 9.64 Å². The molecule has 9 nitrogen and oxygen atoms in total. The summed E-state index contributed by atoms with van der Waals surface area (Å²) in [7, 11) is 0. The monoisotopic (exact) mass is 537 g/mol. The van der Waals surface area contributed by atoms with Crippen LogP contribution in [0.25, 0.3) is 0 Å². The van der Waals surface area contributed by atoms with Crippen molar-refractivity contribution in [2.75, 3.05) is 31.2 Å².